The molecule has 2 amide bonds. The van der Waals surface area contributed by atoms with Gasteiger partial charge < -0.3 is 19.4 Å². The van der Waals surface area contributed by atoms with Gasteiger partial charge in [-0.05, 0) is 31.0 Å². The molecule has 5 rings (SSSR count). The summed E-state index contributed by atoms with van der Waals surface area (Å²) < 4.78 is 13.0. The second-order valence-electron chi connectivity index (χ2n) is 8.06. The lowest BCUT2D eigenvalue weighted by Gasteiger charge is -2.26. The molecule has 0 unspecified atom stereocenters. The van der Waals surface area contributed by atoms with Gasteiger partial charge in [0.1, 0.15) is 12.3 Å². The number of fused-ring (bicyclic) bond motifs is 3. The van der Waals surface area contributed by atoms with Crippen LogP contribution in [0.4, 0.5) is 0 Å². The summed E-state index contributed by atoms with van der Waals surface area (Å²) in [6.45, 7) is 4.62. The average molecular weight is 435 g/mol. The maximum absolute atomic E-state index is 13.0. The number of hydrogen-bond donors (Lipinski definition) is 1. The number of furan rings is 1. The summed E-state index contributed by atoms with van der Waals surface area (Å²) in [6.07, 6.45) is 5.08. The number of rotatable bonds is 5. The number of morpholine rings is 1. The third kappa shape index (κ3) is 3.91. The Balaban J connectivity index is 1.32. The van der Waals surface area contributed by atoms with Crippen molar-refractivity contribution in [3.8, 4) is 11.3 Å². The zero-order chi connectivity index (χ0) is 22.1. The van der Waals surface area contributed by atoms with Crippen LogP contribution in [0.2, 0.25) is 0 Å². The summed E-state index contributed by atoms with van der Waals surface area (Å²) in [7, 11) is 0. The fourth-order valence-electron chi connectivity index (χ4n) is 4.25. The van der Waals surface area contributed by atoms with Crippen molar-refractivity contribution in [2.24, 2.45) is 0 Å². The van der Waals surface area contributed by atoms with Crippen LogP contribution in [-0.2, 0) is 35.5 Å². The molecule has 1 aliphatic carbocycles. The Labute approximate surface area is 185 Å². The van der Waals surface area contributed by atoms with Crippen molar-refractivity contribution >= 4 is 11.8 Å². The molecule has 4 heterocycles. The van der Waals surface area contributed by atoms with E-state index in [1.165, 1.54) is 0 Å². The van der Waals surface area contributed by atoms with E-state index in [-0.39, 0.29) is 18.4 Å². The molecule has 0 atom stereocenters. The molecule has 0 bridgehead atoms. The molecule has 1 saturated heterocycles. The van der Waals surface area contributed by atoms with Crippen molar-refractivity contribution in [3.05, 3.63) is 58.9 Å². The number of nitrogens with zero attached hydrogens (tertiary/aromatic N) is 4. The Morgan fingerprint density at radius 1 is 1.19 bits per heavy atom. The van der Waals surface area contributed by atoms with E-state index >= 15 is 0 Å². The van der Waals surface area contributed by atoms with Gasteiger partial charge in [0, 0.05) is 43.0 Å². The molecular weight excluding hydrogens is 410 g/mol. The predicted molar refractivity (Wildman–Crippen MR) is 115 cm³/mol. The summed E-state index contributed by atoms with van der Waals surface area (Å²) in [6, 6.07) is 5.59. The average Bonchev–Trinajstić information content (AvgIpc) is 3.38. The largest absolute Gasteiger partial charge is 0.455 e. The highest BCUT2D eigenvalue weighted by molar-refractivity contribution is 5.95. The van der Waals surface area contributed by atoms with E-state index in [1.54, 1.807) is 15.8 Å². The summed E-state index contributed by atoms with van der Waals surface area (Å²) in [5, 5.41) is 7.54. The molecule has 1 N–H and O–H groups in total. The third-order valence-corrected chi connectivity index (χ3v) is 5.91. The molecule has 0 radical (unpaired) electrons. The zero-order valence-corrected chi connectivity index (χ0v) is 18.0. The molecule has 9 heteroatoms. The molecule has 1 fully saturated rings. The molecule has 2 aliphatic rings. The number of pyridine rings is 1. The SMILES string of the molecule is Cc1c(C(=O)N2CCOCC2)oc2c1-c1nn(CC(=O)NCc3ccccn3)cc1CC2. The van der Waals surface area contributed by atoms with E-state index in [4.69, 9.17) is 9.15 Å². The second-order valence-corrected chi connectivity index (χ2v) is 8.06. The standard InChI is InChI=1S/C23H25N5O4/c1-15-20-18(32-22(15)23(30)27-8-10-31-11-9-27)6-5-16-13-28(26-21(16)20)14-19(29)25-12-17-4-2-3-7-24-17/h2-4,7,13H,5-6,8-12,14H2,1H3,(H,25,29). The molecule has 166 valence electrons. The van der Waals surface area contributed by atoms with Crippen LogP contribution >= 0.6 is 0 Å². The third-order valence-electron chi connectivity index (χ3n) is 5.91. The van der Waals surface area contributed by atoms with E-state index in [0.717, 1.165) is 40.3 Å². The fraction of sp³-hybridized carbons (Fsp3) is 0.391. The first kappa shape index (κ1) is 20.4. The zero-order valence-electron chi connectivity index (χ0n) is 18.0. The second kappa shape index (κ2) is 8.58. The fourth-order valence-corrected chi connectivity index (χ4v) is 4.25. The van der Waals surface area contributed by atoms with Crippen LogP contribution in [0.15, 0.2) is 35.0 Å². The Bertz CT molecular complexity index is 1140. The molecule has 0 aromatic carbocycles. The van der Waals surface area contributed by atoms with Gasteiger partial charge in [0.25, 0.3) is 5.91 Å². The number of carbonyl (C=O) groups is 2. The first-order chi connectivity index (χ1) is 15.6. The minimum Gasteiger partial charge on any atom is -0.455 e. The van der Waals surface area contributed by atoms with Gasteiger partial charge in [-0.15, -0.1) is 0 Å². The van der Waals surface area contributed by atoms with Crippen LogP contribution in [0.5, 0.6) is 0 Å². The number of aromatic nitrogens is 3. The van der Waals surface area contributed by atoms with Gasteiger partial charge in [0.15, 0.2) is 5.76 Å². The van der Waals surface area contributed by atoms with E-state index in [9.17, 15) is 9.59 Å². The Kier molecular flexibility index (Phi) is 5.48. The van der Waals surface area contributed by atoms with Crippen LogP contribution in [-0.4, -0.2) is 57.8 Å². The van der Waals surface area contributed by atoms with E-state index in [2.05, 4.69) is 15.4 Å². The minimum atomic E-state index is -0.136. The van der Waals surface area contributed by atoms with Crippen LogP contribution in [0, 0.1) is 6.92 Å². The van der Waals surface area contributed by atoms with Crippen LogP contribution in [0.3, 0.4) is 0 Å². The van der Waals surface area contributed by atoms with Crippen molar-refractivity contribution in [3.63, 3.8) is 0 Å². The summed E-state index contributed by atoms with van der Waals surface area (Å²) in [5.41, 5.74) is 4.35. The molecule has 9 nitrogen and oxygen atoms in total. The summed E-state index contributed by atoms with van der Waals surface area (Å²) >= 11 is 0. The van der Waals surface area contributed by atoms with Gasteiger partial charge >= 0.3 is 0 Å². The highest BCUT2D eigenvalue weighted by atomic mass is 16.5. The lowest BCUT2D eigenvalue weighted by atomic mass is 9.93. The Morgan fingerprint density at radius 3 is 2.81 bits per heavy atom. The first-order valence-corrected chi connectivity index (χ1v) is 10.8. The van der Waals surface area contributed by atoms with Gasteiger partial charge in [-0.2, -0.15) is 5.10 Å². The van der Waals surface area contributed by atoms with Gasteiger partial charge in [-0.25, -0.2) is 0 Å². The van der Waals surface area contributed by atoms with Gasteiger partial charge in [-0.1, -0.05) is 6.07 Å². The van der Waals surface area contributed by atoms with Crippen LogP contribution < -0.4 is 5.32 Å². The minimum absolute atomic E-state index is 0.102. The van der Waals surface area contributed by atoms with E-state index in [1.807, 2.05) is 31.3 Å². The van der Waals surface area contributed by atoms with Gasteiger partial charge in [0.05, 0.1) is 31.1 Å². The normalized spacial score (nSPS) is 15.2. The van der Waals surface area contributed by atoms with Crippen molar-refractivity contribution in [2.45, 2.75) is 32.9 Å². The van der Waals surface area contributed by atoms with Gasteiger partial charge in [0.2, 0.25) is 5.91 Å². The Hall–Kier alpha value is -3.46. The lowest BCUT2D eigenvalue weighted by Crippen LogP contribution is -2.40. The van der Waals surface area contributed by atoms with Crippen molar-refractivity contribution < 1.29 is 18.7 Å². The van der Waals surface area contributed by atoms with Crippen molar-refractivity contribution in [1.29, 1.82) is 0 Å². The Morgan fingerprint density at radius 2 is 2.03 bits per heavy atom. The quantitative estimate of drug-likeness (QED) is 0.655. The monoisotopic (exact) mass is 435 g/mol. The summed E-state index contributed by atoms with van der Waals surface area (Å²) in [4.78, 5) is 31.4. The predicted octanol–water partition coefficient (Wildman–Crippen LogP) is 1.73. The topological polar surface area (TPSA) is 102 Å². The molecular formula is C23H25N5O4. The molecule has 3 aromatic rings. The van der Waals surface area contributed by atoms with Crippen LogP contribution in [0.25, 0.3) is 11.3 Å². The number of aryl methyl sites for hydroxylation is 2. The summed E-state index contributed by atoms with van der Waals surface area (Å²) in [5.74, 6) is 0.932. The maximum atomic E-state index is 13.0. The lowest BCUT2D eigenvalue weighted by molar-refractivity contribution is -0.122. The van der Waals surface area contributed by atoms with E-state index < -0.39 is 0 Å². The number of carbonyl (C=O) groups excluding carboxylic acids is 2. The highest BCUT2D eigenvalue weighted by Crippen LogP contribution is 2.38. The van der Waals surface area contributed by atoms with Crippen molar-refractivity contribution in [1.82, 2.24) is 25.0 Å². The number of hydrogen-bond acceptors (Lipinski definition) is 6. The molecule has 32 heavy (non-hydrogen) atoms. The van der Waals surface area contributed by atoms with Crippen molar-refractivity contribution in [2.75, 3.05) is 26.3 Å². The maximum Gasteiger partial charge on any atom is 0.290 e. The van der Waals surface area contributed by atoms with Gasteiger partial charge in [-0.3, -0.25) is 19.3 Å². The van der Waals surface area contributed by atoms with Crippen LogP contribution in [0.1, 0.15) is 33.1 Å². The number of amides is 2. The number of ether oxygens (including phenoxy) is 1. The van der Waals surface area contributed by atoms with E-state index in [0.29, 0.717) is 45.0 Å². The smallest absolute Gasteiger partial charge is 0.290 e. The molecule has 1 aliphatic heterocycles. The highest BCUT2D eigenvalue weighted by Gasteiger charge is 2.32. The first-order valence-electron chi connectivity index (χ1n) is 10.8. The number of nitrogens with one attached hydrogen (secondary N) is 1. The molecule has 0 spiro atoms. The molecule has 3 aromatic heterocycles. The molecule has 0 saturated carbocycles.